The first kappa shape index (κ1) is 16.7. The number of anilines is 1. The maximum Gasteiger partial charge on any atom is 0.243 e. The minimum atomic E-state index is -3.50. The molecule has 0 unspecified atom stereocenters. The third-order valence-corrected chi connectivity index (χ3v) is 5.19. The molecule has 0 bridgehead atoms. The van der Waals surface area contributed by atoms with Gasteiger partial charge in [0.05, 0.1) is 4.90 Å². The van der Waals surface area contributed by atoms with E-state index in [1.54, 1.807) is 32.9 Å². The molecule has 6 heteroatoms. The second kappa shape index (κ2) is 6.85. The molecule has 0 spiro atoms. The molecular formula is C14H22N2O3S. The number of nitrogens with zero attached hydrogens (tertiary/aromatic N) is 1. The van der Waals surface area contributed by atoms with Gasteiger partial charge in [-0.05, 0) is 24.6 Å². The van der Waals surface area contributed by atoms with Crippen molar-refractivity contribution >= 4 is 21.6 Å². The van der Waals surface area contributed by atoms with E-state index in [2.05, 4.69) is 5.32 Å². The molecule has 0 fully saturated rings. The van der Waals surface area contributed by atoms with Crippen LogP contribution in [0.25, 0.3) is 0 Å². The maximum atomic E-state index is 12.4. The van der Waals surface area contributed by atoms with E-state index in [0.717, 1.165) is 5.56 Å². The summed E-state index contributed by atoms with van der Waals surface area (Å²) in [6.45, 7) is 8.02. The molecule has 0 aliphatic rings. The van der Waals surface area contributed by atoms with Gasteiger partial charge in [0.25, 0.3) is 0 Å². The summed E-state index contributed by atoms with van der Waals surface area (Å²) in [5.74, 6) is -0.134. The molecule has 112 valence electrons. The third-order valence-electron chi connectivity index (χ3n) is 3.15. The molecule has 0 atom stereocenters. The molecule has 0 saturated heterocycles. The fourth-order valence-corrected chi connectivity index (χ4v) is 3.33. The number of benzene rings is 1. The molecule has 0 aliphatic carbocycles. The zero-order valence-corrected chi connectivity index (χ0v) is 13.3. The van der Waals surface area contributed by atoms with E-state index in [1.165, 1.54) is 10.4 Å². The predicted octanol–water partition coefficient (Wildman–Crippen LogP) is 2.37. The van der Waals surface area contributed by atoms with Crippen LogP contribution in [0.1, 0.15) is 32.8 Å². The van der Waals surface area contributed by atoms with Gasteiger partial charge in [0.1, 0.15) is 0 Å². The van der Waals surface area contributed by atoms with Crippen LogP contribution in [0.2, 0.25) is 0 Å². The van der Waals surface area contributed by atoms with E-state index in [4.69, 9.17) is 0 Å². The van der Waals surface area contributed by atoms with Gasteiger partial charge in [-0.15, -0.1) is 0 Å². The van der Waals surface area contributed by atoms with E-state index in [-0.39, 0.29) is 10.8 Å². The van der Waals surface area contributed by atoms with E-state index in [1.807, 2.05) is 6.92 Å². The summed E-state index contributed by atoms with van der Waals surface area (Å²) in [6, 6.07) is 4.81. The summed E-state index contributed by atoms with van der Waals surface area (Å²) in [6.07, 6.45) is 0.354. The molecular weight excluding hydrogens is 276 g/mol. The highest BCUT2D eigenvalue weighted by Crippen LogP contribution is 2.23. The number of nitrogens with one attached hydrogen (secondary N) is 1. The lowest BCUT2D eigenvalue weighted by atomic mass is 10.2. The Morgan fingerprint density at radius 2 is 1.80 bits per heavy atom. The molecule has 1 amide bonds. The minimum absolute atomic E-state index is 0.134. The summed E-state index contributed by atoms with van der Waals surface area (Å²) < 4.78 is 26.2. The van der Waals surface area contributed by atoms with Crippen LogP contribution in [0.3, 0.4) is 0 Å². The van der Waals surface area contributed by atoms with E-state index in [0.29, 0.717) is 25.2 Å². The molecule has 1 aromatic carbocycles. The summed E-state index contributed by atoms with van der Waals surface area (Å²) >= 11 is 0. The van der Waals surface area contributed by atoms with Crippen LogP contribution in [0, 0.1) is 6.92 Å². The van der Waals surface area contributed by atoms with Gasteiger partial charge in [-0.3, -0.25) is 4.79 Å². The third kappa shape index (κ3) is 3.58. The van der Waals surface area contributed by atoms with Crippen LogP contribution in [0.15, 0.2) is 23.1 Å². The van der Waals surface area contributed by atoms with Crippen molar-refractivity contribution in [2.24, 2.45) is 0 Å². The first-order valence-corrected chi connectivity index (χ1v) is 8.21. The zero-order valence-electron chi connectivity index (χ0n) is 12.4. The Bertz CT molecular complexity index is 578. The maximum absolute atomic E-state index is 12.4. The lowest BCUT2D eigenvalue weighted by molar-refractivity contribution is -0.115. The Balaban J connectivity index is 3.21. The number of rotatable bonds is 6. The fourth-order valence-electron chi connectivity index (χ4n) is 1.85. The van der Waals surface area contributed by atoms with Crippen molar-refractivity contribution in [3.63, 3.8) is 0 Å². The quantitative estimate of drug-likeness (QED) is 0.877. The number of carbonyl (C=O) groups is 1. The van der Waals surface area contributed by atoms with Crippen LogP contribution in [-0.4, -0.2) is 31.7 Å². The van der Waals surface area contributed by atoms with E-state index in [9.17, 15) is 13.2 Å². The van der Waals surface area contributed by atoms with Crippen LogP contribution in [0.5, 0.6) is 0 Å². The van der Waals surface area contributed by atoms with Gasteiger partial charge in [0.15, 0.2) is 0 Å². The van der Waals surface area contributed by atoms with Crippen LogP contribution < -0.4 is 5.32 Å². The van der Waals surface area contributed by atoms with Crippen molar-refractivity contribution in [2.45, 2.75) is 39.0 Å². The molecule has 0 aromatic heterocycles. The van der Waals surface area contributed by atoms with Gasteiger partial charge in [0, 0.05) is 25.2 Å². The predicted molar refractivity (Wildman–Crippen MR) is 80.2 cm³/mol. The van der Waals surface area contributed by atoms with Crippen molar-refractivity contribution in [1.82, 2.24) is 4.31 Å². The largest absolute Gasteiger partial charge is 0.326 e. The van der Waals surface area contributed by atoms with Crippen molar-refractivity contribution in [2.75, 3.05) is 18.4 Å². The molecule has 1 aromatic rings. The molecule has 0 heterocycles. The Labute approximate surface area is 121 Å². The Morgan fingerprint density at radius 1 is 1.20 bits per heavy atom. The lowest BCUT2D eigenvalue weighted by Crippen LogP contribution is -2.30. The Kier molecular flexibility index (Phi) is 5.71. The van der Waals surface area contributed by atoms with Gasteiger partial charge >= 0.3 is 0 Å². The normalized spacial score (nSPS) is 11.7. The first-order chi connectivity index (χ1) is 9.36. The highest BCUT2D eigenvalue weighted by molar-refractivity contribution is 7.89. The monoisotopic (exact) mass is 298 g/mol. The number of sulfonamides is 1. The van der Waals surface area contributed by atoms with Crippen molar-refractivity contribution in [3.8, 4) is 0 Å². The number of carbonyl (C=O) groups excluding carboxylic acids is 1. The molecule has 20 heavy (non-hydrogen) atoms. The molecule has 0 radical (unpaired) electrons. The smallest absolute Gasteiger partial charge is 0.243 e. The molecule has 5 nitrogen and oxygen atoms in total. The topological polar surface area (TPSA) is 66.5 Å². The van der Waals surface area contributed by atoms with Crippen LogP contribution in [-0.2, 0) is 14.8 Å². The second-order valence-corrected chi connectivity index (χ2v) is 6.41. The highest BCUT2D eigenvalue weighted by atomic mass is 32.2. The van der Waals surface area contributed by atoms with Crippen molar-refractivity contribution in [3.05, 3.63) is 23.8 Å². The SMILES string of the molecule is CCC(=O)Nc1cc(S(=O)(=O)N(CC)CC)ccc1C. The van der Waals surface area contributed by atoms with Gasteiger partial charge in [-0.1, -0.05) is 26.8 Å². The number of aryl methyl sites for hydroxylation is 1. The average Bonchev–Trinajstić information content (AvgIpc) is 2.41. The Morgan fingerprint density at radius 3 is 2.30 bits per heavy atom. The highest BCUT2D eigenvalue weighted by Gasteiger charge is 2.22. The lowest BCUT2D eigenvalue weighted by Gasteiger charge is -2.19. The summed E-state index contributed by atoms with van der Waals surface area (Å²) in [7, 11) is -3.50. The summed E-state index contributed by atoms with van der Waals surface area (Å²) in [5.41, 5.74) is 1.38. The van der Waals surface area contributed by atoms with Gasteiger partial charge in [0.2, 0.25) is 15.9 Å². The summed E-state index contributed by atoms with van der Waals surface area (Å²) in [4.78, 5) is 11.7. The van der Waals surface area contributed by atoms with Crippen molar-refractivity contribution in [1.29, 1.82) is 0 Å². The standard InChI is InChI=1S/C14H22N2O3S/c1-5-14(17)15-13-10-12(9-8-11(13)4)20(18,19)16(6-2)7-3/h8-10H,5-7H2,1-4H3,(H,15,17). The van der Waals surface area contributed by atoms with Crippen LogP contribution >= 0.6 is 0 Å². The second-order valence-electron chi connectivity index (χ2n) is 4.47. The molecule has 0 aliphatic heterocycles. The zero-order chi connectivity index (χ0) is 15.3. The number of hydrogen-bond acceptors (Lipinski definition) is 3. The average molecular weight is 298 g/mol. The first-order valence-electron chi connectivity index (χ1n) is 6.77. The summed E-state index contributed by atoms with van der Waals surface area (Å²) in [5, 5.41) is 2.73. The fraction of sp³-hybridized carbons (Fsp3) is 0.500. The van der Waals surface area contributed by atoms with Gasteiger partial charge in [-0.2, -0.15) is 4.31 Å². The van der Waals surface area contributed by atoms with Gasteiger partial charge in [-0.25, -0.2) is 8.42 Å². The van der Waals surface area contributed by atoms with Gasteiger partial charge < -0.3 is 5.32 Å². The molecule has 1 N–H and O–H groups in total. The van der Waals surface area contributed by atoms with E-state index < -0.39 is 10.0 Å². The van der Waals surface area contributed by atoms with Crippen LogP contribution in [0.4, 0.5) is 5.69 Å². The molecule has 1 rings (SSSR count). The van der Waals surface area contributed by atoms with Crippen molar-refractivity contribution < 1.29 is 13.2 Å². The van der Waals surface area contributed by atoms with E-state index >= 15 is 0 Å². The Hall–Kier alpha value is -1.40. The minimum Gasteiger partial charge on any atom is -0.326 e. The molecule has 0 saturated carbocycles. The number of amides is 1. The number of hydrogen-bond donors (Lipinski definition) is 1.